The van der Waals surface area contributed by atoms with Crippen LogP contribution in [-0.4, -0.2) is 64.2 Å². The Bertz CT molecular complexity index is 746. The van der Waals surface area contributed by atoms with E-state index < -0.39 is 0 Å². The maximum absolute atomic E-state index is 11.5. The van der Waals surface area contributed by atoms with Crippen LogP contribution in [0.5, 0.6) is 0 Å². The maximum atomic E-state index is 11.5. The zero-order valence-electron chi connectivity index (χ0n) is 15.4. The Morgan fingerprint density at radius 2 is 1.85 bits per heavy atom. The summed E-state index contributed by atoms with van der Waals surface area (Å²) in [5, 5.41) is 7.77. The summed E-state index contributed by atoms with van der Waals surface area (Å²) in [4.78, 5) is 20.3. The van der Waals surface area contributed by atoms with Crippen molar-refractivity contribution >= 4 is 11.9 Å². The number of amides is 1. The minimum Gasteiger partial charge on any atom is -0.357 e. The van der Waals surface area contributed by atoms with Crippen LogP contribution in [0.15, 0.2) is 47.7 Å². The maximum Gasteiger partial charge on any atom is 0.219 e. The van der Waals surface area contributed by atoms with Gasteiger partial charge in [0.25, 0.3) is 0 Å². The van der Waals surface area contributed by atoms with Gasteiger partial charge in [0.2, 0.25) is 5.91 Å². The number of aromatic nitrogens is 2. The molecule has 0 unspecified atom stereocenters. The monoisotopic (exact) mass is 354 g/mol. The highest BCUT2D eigenvalue weighted by molar-refractivity contribution is 5.80. The van der Waals surface area contributed by atoms with Gasteiger partial charge >= 0.3 is 0 Å². The number of carbonyl (C=O) groups excluding carboxylic acids is 1. The molecule has 0 aliphatic carbocycles. The Morgan fingerprint density at radius 3 is 2.50 bits per heavy atom. The van der Waals surface area contributed by atoms with Crippen molar-refractivity contribution in [2.75, 3.05) is 32.7 Å². The summed E-state index contributed by atoms with van der Waals surface area (Å²) in [7, 11) is 0. The van der Waals surface area contributed by atoms with E-state index in [-0.39, 0.29) is 5.91 Å². The molecule has 1 aromatic carbocycles. The van der Waals surface area contributed by atoms with E-state index in [0.29, 0.717) is 6.54 Å². The average Bonchev–Trinajstić information content (AvgIpc) is 3.15. The van der Waals surface area contributed by atoms with Gasteiger partial charge in [0.15, 0.2) is 5.96 Å². The predicted octanol–water partition coefficient (Wildman–Crippen LogP) is 1.50. The van der Waals surface area contributed by atoms with Crippen LogP contribution >= 0.6 is 0 Å². The van der Waals surface area contributed by atoms with Gasteiger partial charge in [-0.15, -0.1) is 0 Å². The highest BCUT2D eigenvalue weighted by Gasteiger charge is 2.20. The first-order valence-corrected chi connectivity index (χ1v) is 9.05. The zero-order chi connectivity index (χ0) is 18.4. The number of para-hydroxylation sites is 1. The summed E-state index contributed by atoms with van der Waals surface area (Å²) in [6.07, 6.45) is 3.86. The standard InChI is InChI=1S/C19H26N6O/c1-3-20-19(24-11-9-23(10-12-24)16(2)26)21-13-17-14-22-25(15-17)18-7-5-4-6-8-18/h4-8,14-15H,3,9-13H2,1-2H3,(H,20,21). The number of hydrogen-bond donors (Lipinski definition) is 1. The van der Waals surface area contributed by atoms with Crippen LogP contribution in [0.1, 0.15) is 19.4 Å². The van der Waals surface area contributed by atoms with Gasteiger partial charge < -0.3 is 15.1 Å². The summed E-state index contributed by atoms with van der Waals surface area (Å²) >= 11 is 0. The van der Waals surface area contributed by atoms with E-state index in [0.717, 1.165) is 49.9 Å². The molecule has 0 bridgehead atoms. The third-order valence-corrected chi connectivity index (χ3v) is 4.43. The number of nitrogens with one attached hydrogen (secondary N) is 1. The van der Waals surface area contributed by atoms with Gasteiger partial charge in [-0.1, -0.05) is 18.2 Å². The van der Waals surface area contributed by atoms with Crippen LogP contribution in [0.25, 0.3) is 5.69 Å². The third-order valence-electron chi connectivity index (χ3n) is 4.43. The van der Waals surface area contributed by atoms with Crippen LogP contribution in [0.2, 0.25) is 0 Å². The van der Waals surface area contributed by atoms with Gasteiger partial charge in [0.1, 0.15) is 0 Å². The van der Waals surface area contributed by atoms with E-state index in [1.807, 2.05) is 52.3 Å². The number of rotatable bonds is 4. The highest BCUT2D eigenvalue weighted by atomic mass is 16.2. The van der Waals surface area contributed by atoms with Crippen molar-refractivity contribution in [1.82, 2.24) is 24.9 Å². The molecule has 26 heavy (non-hydrogen) atoms. The number of carbonyl (C=O) groups is 1. The van der Waals surface area contributed by atoms with Crippen LogP contribution in [-0.2, 0) is 11.3 Å². The lowest BCUT2D eigenvalue weighted by Crippen LogP contribution is -2.53. The summed E-state index contributed by atoms with van der Waals surface area (Å²) in [5.74, 6) is 1.03. The Labute approximate surface area is 154 Å². The third kappa shape index (κ3) is 4.41. The lowest BCUT2D eigenvalue weighted by Gasteiger charge is -2.36. The molecule has 0 radical (unpaired) electrons. The lowest BCUT2D eigenvalue weighted by molar-refractivity contribution is -0.130. The Hall–Kier alpha value is -2.83. The highest BCUT2D eigenvalue weighted by Crippen LogP contribution is 2.09. The number of nitrogens with zero attached hydrogens (tertiary/aromatic N) is 5. The molecule has 3 rings (SSSR count). The number of piperazine rings is 1. The summed E-state index contributed by atoms with van der Waals surface area (Å²) in [5.41, 5.74) is 2.10. The molecule has 0 saturated carbocycles. The summed E-state index contributed by atoms with van der Waals surface area (Å²) < 4.78 is 1.86. The van der Waals surface area contributed by atoms with Crippen molar-refractivity contribution in [2.45, 2.75) is 20.4 Å². The van der Waals surface area contributed by atoms with E-state index in [4.69, 9.17) is 4.99 Å². The van der Waals surface area contributed by atoms with Gasteiger partial charge in [-0.05, 0) is 19.1 Å². The van der Waals surface area contributed by atoms with Crippen molar-refractivity contribution in [1.29, 1.82) is 0 Å². The van der Waals surface area contributed by atoms with E-state index in [9.17, 15) is 4.79 Å². The van der Waals surface area contributed by atoms with Gasteiger partial charge in [-0.2, -0.15) is 5.10 Å². The first-order chi connectivity index (χ1) is 12.7. The van der Waals surface area contributed by atoms with Gasteiger partial charge in [-0.25, -0.2) is 9.67 Å². The van der Waals surface area contributed by atoms with Crippen LogP contribution in [0.4, 0.5) is 0 Å². The fraction of sp³-hybridized carbons (Fsp3) is 0.421. The molecule has 1 saturated heterocycles. The normalized spacial score (nSPS) is 15.2. The summed E-state index contributed by atoms with van der Waals surface area (Å²) in [6, 6.07) is 10.0. The average molecular weight is 354 g/mol. The fourth-order valence-electron chi connectivity index (χ4n) is 2.99. The first-order valence-electron chi connectivity index (χ1n) is 9.05. The first kappa shape index (κ1) is 18.0. The lowest BCUT2D eigenvalue weighted by atomic mass is 10.3. The molecule has 7 heteroatoms. The second-order valence-electron chi connectivity index (χ2n) is 6.29. The Morgan fingerprint density at radius 1 is 1.15 bits per heavy atom. The number of aliphatic imine (C=N–C) groups is 1. The minimum absolute atomic E-state index is 0.139. The molecule has 1 aliphatic heterocycles. The Kier molecular flexibility index (Phi) is 5.88. The molecular weight excluding hydrogens is 328 g/mol. The van der Waals surface area contributed by atoms with Crippen LogP contribution < -0.4 is 5.32 Å². The molecule has 0 atom stereocenters. The number of hydrogen-bond acceptors (Lipinski definition) is 3. The molecular formula is C19H26N6O. The largest absolute Gasteiger partial charge is 0.357 e. The molecule has 1 aromatic heterocycles. The fourth-order valence-corrected chi connectivity index (χ4v) is 2.99. The zero-order valence-corrected chi connectivity index (χ0v) is 15.4. The number of benzene rings is 1. The molecule has 1 fully saturated rings. The number of guanidine groups is 1. The molecule has 138 valence electrons. The van der Waals surface area contributed by atoms with Crippen molar-refractivity contribution in [3.8, 4) is 5.69 Å². The molecule has 2 heterocycles. The van der Waals surface area contributed by atoms with Crippen LogP contribution in [0, 0.1) is 0 Å². The van der Waals surface area contributed by atoms with E-state index in [1.54, 1.807) is 6.92 Å². The SMILES string of the molecule is CCNC(=NCc1cnn(-c2ccccc2)c1)N1CCN(C(C)=O)CC1. The molecule has 1 N–H and O–H groups in total. The second kappa shape index (κ2) is 8.51. The van der Waals surface area contributed by atoms with E-state index in [1.165, 1.54) is 0 Å². The topological polar surface area (TPSA) is 65.8 Å². The molecule has 2 aromatic rings. The predicted molar refractivity (Wildman–Crippen MR) is 102 cm³/mol. The second-order valence-corrected chi connectivity index (χ2v) is 6.29. The quantitative estimate of drug-likeness (QED) is 0.668. The van der Waals surface area contributed by atoms with Crippen molar-refractivity contribution in [3.63, 3.8) is 0 Å². The van der Waals surface area contributed by atoms with E-state index in [2.05, 4.69) is 22.2 Å². The van der Waals surface area contributed by atoms with Crippen LogP contribution in [0.3, 0.4) is 0 Å². The molecule has 1 aliphatic rings. The van der Waals surface area contributed by atoms with Crippen molar-refractivity contribution < 1.29 is 4.79 Å². The summed E-state index contributed by atoms with van der Waals surface area (Å²) in [6.45, 7) is 8.16. The smallest absolute Gasteiger partial charge is 0.219 e. The van der Waals surface area contributed by atoms with E-state index >= 15 is 0 Å². The van der Waals surface area contributed by atoms with Gasteiger partial charge in [0.05, 0.1) is 18.4 Å². The molecule has 0 spiro atoms. The van der Waals surface area contributed by atoms with Gasteiger partial charge in [0, 0.05) is 51.4 Å². The van der Waals surface area contributed by atoms with Gasteiger partial charge in [-0.3, -0.25) is 4.79 Å². The molecule has 1 amide bonds. The Balaban J connectivity index is 1.65. The van der Waals surface area contributed by atoms with Crippen molar-refractivity contribution in [2.24, 2.45) is 4.99 Å². The minimum atomic E-state index is 0.139. The molecule has 7 nitrogen and oxygen atoms in total. The van der Waals surface area contributed by atoms with Crippen molar-refractivity contribution in [3.05, 3.63) is 48.3 Å².